The Bertz CT molecular complexity index is 794. The molecule has 1 N–H and O–H groups in total. The molecule has 0 aliphatic heterocycles. The molecule has 0 heterocycles. The van der Waals surface area contributed by atoms with E-state index >= 15 is 0 Å². The number of thioether (sulfide) groups is 1. The Hall–Kier alpha value is -2.27. The van der Waals surface area contributed by atoms with Crippen molar-refractivity contribution in [2.45, 2.75) is 58.5 Å². The first-order valence-electron chi connectivity index (χ1n) is 10.2. The van der Waals surface area contributed by atoms with Crippen molar-refractivity contribution in [1.82, 2.24) is 10.2 Å². The summed E-state index contributed by atoms with van der Waals surface area (Å²) in [6.07, 6.45) is 0.858. The van der Waals surface area contributed by atoms with E-state index in [-0.39, 0.29) is 17.9 Å². The molecule has 2 rings (SSSR count). The first-order chi connectivity index (χ1) is 13.9. The molecule has 0 fully saturated rings. The lowest BCUT2D eigenvalue weighted by molar-refractivity contribution is -0.138. The molecule has 2 amide bonds. The highest BCUT2D eigenvalue weighted by atomic mass is 32.2. The van der Waals surface area contributed by atoms with Crippen LogP contribution in [0, 0.1) is 6.92 Å². The van der Waals surface area contributed by atoms with E-state index in [4.69, 9.17) is 0 Å². The summed E-state index contributed by atoms with van der Waals surface area (Å²) in [6.45, 7) is 8.29. The molecule has 0 saturated heterocycles. The van der Waals surface area contributed by atoms with Crippen molar-refractivity contribution >= 4 is 23.6 Å². The number of nitrogens with zero attached hydrogens (tertiary/aromatic N) is 1. The van der Waals surface area contributed by atoms with Gasteiger partial charge in [0.2, 0.25) is 11.8 Å². The number of hydrogen-bond acceptors (Lipinski definition) is 3. The van der Waals surface area contributed by atoms with Gasteiger partial charge < -0.3 is 10.2 Å². The van der Waals surface area contributed by atoms with Gasteiger partial charge in [-0.3, -0.25) is 9.59 Å². The Labute approximate surface area is 179 Å². The van der Waals surface area contributed by atoms with Crippen LogP contribution >= 0.6 is 11.8 Å². The first-order valence-corrected chi connectivity index (χ1v) is 11.3. The molecule has 0 aliphatic rings. The quantitative estimate of drug-likeness (QED) is 0.622. The Morgan fingerprint density at radius 2 is 1.72 bits per heavy atom. The van der Waals surface area contributed by atoms with Gasteiger partial charge in [0.05, 0.1) is 5.75 Å². The van der Waals surface area contributed by atoms with Crippen molar-refractivity contribution in [3.8, 4) is 0 Å². The zero-order valence-corrected chi connectivity index (χ0v) is 18.7. The van der Waals surface area contributed by atoms with Crippen LogP contribution in [0.5, 0.6) is 0 Å². The predicted octanol–water partition coefficient (Wildman–Crippen LogP) is 4.56. The summed E-state index contributed by atoms with van der Waals surface area (Å²) in [6, 6.07) is 17.8. The number of carbonyl (C=O) groups excluding carboxylic acids is 2. The molecule has 0 aliphatic carbocycles. The maximum absolute atomic E-state index is 13.0. The molecule has 2 aromatic carbocycles. The van der Waals surface area contributed by atoms with E-state index in [0.717, 1.165) is 23.3 Å². The van der Waals surface area contributed by atoms with Gasteiger partial charge in [0.1, 0.15) is 6.04 Å². The molecule has 29 heavy (non-hydrogen) atoms. The van der Waals surface area contributed by atoms with Crippen LogP contribution in [0.1, 0.15) is 43.9 Å². The van der Waals surface area contributed by atoms with Gasteiger partial charge in [0.25, 0.3) is 0 Å². The zero-order valence-electron chi connectivity index (χ0n) is 17.9. The largest absolute Gasteiger partial charge is 0.352 e. The summed E-state index contributed by atoms with van der Waals surface area (Å²) in [5, 5.41) is 3.00. The van der Waals surface area contributed by atoms with E-state index in [0.29, 0.717) is 12.3 Å². The highest BCUT2D eigenvalue weighted by Crippen LogP contribution is 2.16. The molecule has 0 aromatic heterocycles. The SMILES string of the molecule is CC[C@@H](C)NC(=O)[C@H](C)N(Cc1cccc(C)c1)C(=O)CSCc1ccccc1. The van der Waals surface area contributed by atoms with E-state index in [1.165, 1.54) is 5.56 Å². The van der Waals surface area contributed by atoms with Crippen molar-refractivity contribution in [2.75, 3.05) is 5.75 Å². The zero-order chi connectivity index (χ0) is 21.2. The monoisotopic (exact) mass is 412 g/mol. The number of hydrogen-bond donors (Lipinski definition) is 1. The van der Waals surface area contributed by atoms with Gasteiger partial charge in [-0.2, -0.15) is 0 Å². The molecular weight excluding hydrogens is 380 g/mol. The third kappa shape index (κ3) is 7.58. The first kappa shape index (κ1) is 23.0. The fraction of sp³-hybridized carbons (Fsp3) is 0.417. The van der Waals surface area contributed by atoms with Crippen molar-refractivity contribution in [1.29, 1.82) is 0 Å². The third-order valence-electron chi connectivity index (χ3n) is 4.94. The maximum Gasteiger partial charge on any atom is 0.242 e. The number of benzene rings is 2. The minimum atomic E-state index is -0.519. The number of carbonyl (C=O) groups is 2. The molecule has 0 bridgehead atoms. The van der Waals surface area contributed by atoms with Gasteiger partial charge in [-0.1, -0.05) is 67.1 Å². The van der Waals surface area contributed by atoms with E-state index in [2.05, 4.69) is 23.5 Å². The number of amides is 2. The molecule has 2 aromatic rings. The van der Waals surface area contributed by atoms with E-state index in [9.17, 15) is 9.59 Å². The second-order valence-corrected chi connectivity index (χ2v) is 8.47. The molecule has 0 radical (unpaired) electrons. The summed E-state index contributed by atoms with van der Waals surface area (Å²) in [5.74, 6) is 1.01. The van der Waals surface area contributed by atoms with E-state index < -0.39 is 6.04 Å². The Morgan fingerprint density at radius 1 is 1.03 bits per heavy atom. The lowest BCUT2D eigenvalue weighted by atomic mass is 10.1. The molecule has 156 valence electrons. The Morgan fingerprint density at radius 3 is 2.38 bits per heavy atom. The molecule has 0 spiro atoms. The van der Waals surface area contributed by atoms with Gasteiger partial charge in [0, 0.05) is 18.3 Å². The second-order valence-electron chi connectivity index (χ2n) is 7.48. The molecular formula is C24H32N2O2S. The minimum Gasteiger partial charge on any atom is -0.352 e. The summed E-state index contributed by atoms with van der Waals surface area (Å²) in [4.78, 5) is 27.4. The fourth-order valence-corrected chi connectivity index (χ4v) is 3.84. The van der Waals surface area contributed by atoms with Gasteiger partial charge in [-0.15, -0.1) is 11.8 Å². The van der Waals surface area contributed by atoms with Gasteiger partial charge in [-0.05, 0) is 38.3 Å². The van der Waals surface area contributed by atoms with Crippen molar-refractivity contribution in [3.63, 3.8) is 0 Å². The van der Waals surface area contributed by atoms with Crippen LogP contribution in [0.15, 0.2) is 54.6 Å². The van der Waals surface area contributed by atoms with Crippen LogP contribution in [0.2, 0.25) is 0 Å². The lowest BCUT2D eigenvalue weighted by Crippen LogP contribution is -2.50. The van der Waals surface area contributed by atoms with Gasteiger partial charge in [-0.25, -0.2) is 0 Å². The topological polar surface area (TPSA) is 49.4 Å². The standard InChI is InChI=1S/C24H32N2O2S/c1-5-19(3)25-24(28)20(4)26(15-22-13-9-10-18(2)14-22)23(27)17-29-16-21-11-7-6-8-12-21/h6-14,19-20H,5,15-17H2,1-4H3,(H,25,28)/t19-,20+/m1/s1. The molecule has 0 saturated carbocycles. The summed E-state index contributed by atoms with van der Waals surface area (Å²) < 4.78 is 0. The van der Waals surface area contributed by atoms with Crippen LogP contribution < -0.4 is 5.32 Å². The van der Waals surface area contributed by atoms with Gasteiger partial charge >= 0.3 is 0 Å². The van der Waals surface area contributed by atoms with Crippen LogP contribution in [0.25, 0.3) is 0 Å². The summed E-state index contributed by atoms with van der Waals surface area (Å²) in [5.41, 5.74) is 3.37. The highest BCUT2D eigenvalue weighted by molar-refractivity contribution is 7.99. The molecule has 4 nitrogen and oxygen atoms in total. The number of nitrogens with one attached hydrogen (secondary N) is 1. The van der Waals surface area contributed by atoms with Crippen LogP contribution in [0.3, 0.4) is 0 Å². The Kier molecular flexibility index (Phi) is 9.26. The van der Waals surface area contributed by atoms with Crippen LogP contribution in [-0.4, -0.2) is 34.6 Å². The van der Waals surface area contributed by atoms with E-state index in [1.807, 2.05) is 64.1 Å². The average Bonchev–Trinajstić information content (AvgIpc) is 2.72. The summed E-state index contributed by atoms with van der Waals surface area (Å²) >= 11 is 1.58. The highest BCUT2D eigenvalue weighted by Gasteiger charge is 2.26. The number of aryl methyl sites for hydroxylation is 1. The third-order valence-corrected chi connectivity index (χ3v) is 5.93. The molecule has 2 atom stereocenters. The van der Waals surface area contributed by atoms with Crippen molar-refractivity contribution in [2.24, 2.45) is 0 Å². The second kappa shape index (κ2) is 11.7. The fourth-order valence-electron chi connectivity index (χ4n) is 2.97. The van der Waals surface area contributed by atoms with Gasteiger partial charge in [0.15, 0.2) is 0 Å². The number of rotatable bonds is 10. The normalized spacial score (nSPS) is 12.8. The average molecular weight is 413 g/mol. The molecule has 0 unspecified atom stereocenters. The minimum absolute atomic E-state index is 0.0146. The van der Waals surface area contributed by atoms with Crippen LogP contribution in [0.4, 0.5) is 0 Å². The predicted molar refractivity (Wildman–Crippen MR) is 122 cm³/mol. The smallest absolute Gasteiger partial charge is 0.242 e. The molecule has 5 heteroatoms. The van der Waals surface area contributed by atoms with E-state index in [1.54, 1.807) is 16.7 Å². The van der Waals surface area contributed by atoms with Crippen molar-refractivity contribution in [3.05, 3.63) is 71.3 Å². The van der Waals surface area contributed by atoms with Crippen LogP contribution in [-0.2, 0) is 21.9 Å². The van der Waals surface area contributed by atoms with Crippen molar-refractivity contribution < 1.29 is 9.59 Å². The summed E-state index contributed by atoms with van der Waals surface area (Å²) in [7, 11) is 0. The lowest BCUT2D eigenvalue weighted by Gasteiger charge is -2.29. The Balaban J connectivity index is 2.07. The maximum atomic E-state index is 13.0.